The van der Waals surface area contributed by atoms with Crippen molar-refractivity contribution in [1.29, 1.82) is 0 Å². The molecule has 1 N–H and O–H groups in total. The van der Waals surface area contributed by atoms with Gasteiger partial charge in [-0.15, -0.1) is 0 Å². The molecule has 132 valence electrons. The number of halogens is 1. The van der Waals surface area contributed by atoms with E-state index < -0.39 is 0 Å². The Balaban J connectivity index is 1.56. The fraction of sp³-hybridized carbons (Fsp3) is 0.389. The van der Waals surface area contributed by atoms with Gasteiger partial charge in [0.15, 0.2) is 0 Å². The Kier molecular flexibility index (Phi) is 5.20. The predicted molar refractivity (Wildman–Crippen MR) is 94.8 cm³/mol. The first kappa shape index (κ1) is 17.6. The number of nitrogens with one attached hydrogen (secondary N) is 1. The predicted octanol–water partition coefficient (Wildman–Crippen LogP) is 2.12. The normalized spacial score (nSPS) is 22.4. The maximum absolute atomic E-state index is 12.4. The second-order valence-corrected chi connectivity index (χ2v) is 6.85. The first-order valence-corrected chi connectivity index (χ1v) is 8.58. The summed E-state index contributed by atoms with van der Waals surface area (Å²) in [4.78, 5) is 39.9. The molecule has 1 aromatic carbocycles. The SMILES string of the molecule is CN(CC(=O)Nc1ccccc1Cl)CN1C(=O)[C@H]2CC=CC[C@@H]2C1=O. The highest BCUT2D eigenvalue weighted by Crippen LogP contribution is 2.34. The van der Waals surface area contributed by atoms with Crippen LogP contribution < -0.4 is 5.32 Å². The van der Waals surface area contributed by atoms with Crippen LogP contribution in [-0.2, 0) is 14.4 Å². The standard InChI is InChI=1S/C18H20ClN3O3/c1-21(10-16(23)20-15-9-5-4-8-14(15)19)11-22-17(24)12-6-2-3-7-13(12)18(22)25/h2-5,8-9,12-13H,6-7,10-11H2,1H3,(H,20,23)/t12-,13-/m0/s1. The molecule has 1 saturated heterocycles. The lowest BCUT2D eigenvalue weighted by atomic mass is 9.85. The summed E-state index contributed by atoms with van der Waals surface area (Å²) < 4.78 is 0. The lowest BCUT2D eigenvalue weighted by Gasteiger charge is -2.23. The highest BCUT2D eigenvalue weighted by Gasteiger charge is 2.47. The monoisotopic (exact) mass is 361 g/mol. The molecule has 0 bridgehead atoms. The van der Waals surface area contributed by atoms with Gasteiger partial charge in [-0.2, -0.15) is 0 Å². The van der Waals surface area contributed by atoms with Crippen LogP contribution in [0.1, 0.15) is 12.8 Å². The number of rotatable bonds is 5. The molecule has 3 rings (SSSR count). The van der Waals surface area contributed by atoms with Crippen LogP contribution in [0.5, 0.6) is 0 Å². The minimum Gasteiger partial charge on any atom is -0.324 e. The number of likely N-dealkylation sites (tertiary alicyclic amines) is 1. The number of benzene rings is 1. The van der Waals surface area contributed by atoms with Crippen molar-refractivity contribution in [2.45, 2.75) is 12.8 Å². The van der Waals surface area contributed by atoms with Crippen molar-refractivity contribution in [3.63, 3.8) is 0 Å². The third-order valence-corrected chi connectivity index (χ3v) is 4.87. The van der Waals surface area contributed by atoms with E-state index in [1.54, 1.807) is 36.2 Å². The lowest BCUT2D eigenvalue weighted by Crippen LogP contribution is -2.42. The molecule has 7 heteroatoms. The fourth-order valence-corrected chi connectivity index (χ4v) is 3.48. The molecule has 1 aromatic rings. The smallest absolute Gasteiger partial charge is 0.238 e. The summed E-state index contributed by atoms with van der Waals surface area (Å²) in [5, 5.41) is 3.19. The lowest BCUT2D eigenvalue weighted by molar-refractivity contribution is -0.142. The van der Waals surface area contributed by atoms with Crippen LogP contribution in [-0.4, -0.2) is 47.8 Å². The summed E-state index contributed by atoms with van der Waals surface area (Å²) in [6.45, 7) is 0.163. The maximum atomic E-state index is 12.4. The van der Waals surface area contributed by atoms with Crippen LogP contribution in [0.2, 0.25) is 5.02 Å². The van der Waals surface area contributed by atoms with Crippen molar-refractivity contribution in [3.8, 4) is 0 Å². The summed E-state index contributed by atoms with van der Waals surface area (Å²) in [6, 6.07) is 6.97. The molecular formula is C18H20ClN3O3. The van der Waals surface area contributed by atoms with Crippen LogP contribution in [0, 0.1) is 11.8 Å². The summed E-state index contributed by atoms with van der Waals surface area (Å²) in [7, 11) is 1.70. The Morgan fingerprint density at radius 3 is 2.40 bits per heavy atom. The quantitative estimate of drug-likeness (QED) is 0.644. The zero-order valence-corrected chi connectivity index (χ0v) is 14.7. The van der Waals surface area contributed by atoms with Gasteiger partial charge in [0.05, 0.1) is 35.8 Å². The van der Waals surface area contributed by atoms with Gasteiger partial charge < -0.3 is 5.32 Å². The number of allylic oxidation sites excluding steroid dienone is 2. The molecule has 0 saturated carbocycles. The van der Waals surface area contributed by atoms with E-state index in [9.17, 15) is 14.4 Å². The fourth-order valence-electron chi connectivity index (χ4n) is 3.30. The van der Waals surface area contributed by atoms with Crippen molar-refractivity contribution in [1.82, 2.24) is 9.80 Å². The van der Waals surface area contributed by atoms with Crippen molar-refractivity contribution in [2.75, 3.05) is 25.6 Å². The number of para-hydroxylation sites is 1. The number of fused-ring (bicyclic) bond motifs is 1. The van der Waals surface area contributed by atoms with Gasteiger partial charge in [0, 0.05) is 0 Å². The number of likely N-dealkylation sites (N-methyl/N-ethyl adjacent to an activating group) is 1. The van der Waals surface area contributed by atoms with Crippen LogP contribution in [0.15, 0.2) is 36.4 Å². The number of carbonyl (C=O) groups is 3. The molecule has 1 fully saturated rings. The van der Waals surface area contributed by atoms with Gasteiger partial charge in [0.2, 0.25) is 17.7 Å². The first-order chi connectivity index (χ1) is 12.0. The van der Waals surface area contributed by atoms with E-state index in [0.717, 1.165) is 0 Å². The Bertz CT molecular complexity index is 708. The van der Waals surface area contributed by atoms with Crippen LogP contribution >= 0.6 is 11.6 Å². The third kappa shape index (κ3) is 3.75. The van der Waals surface area contributed by atoms with Crippen LogP contribution in [0.3, 0.4) is 0 Å². The van der Waals surface area contributed by atoms with Gasteiger partial charge in [-0.25, -0.2) is 0 Å². The molecule has 0 radical (unpaired) electrons. The van der Waals surface area contributed by atoms with Gasteiger partial charge in [-0.05, 0) is 32.0 Å². The molecule has 0 unspecified atom stereocenters. The molecule has 2 aliphatic rings. The number of hydrogen-bond acceptors (Lipinski definition) is 4. The number of hydrogen-bond donors (Lipinski definition) is 1. The van der Waals surface area contributed by atoms with E-state index in [0.29, 0.717) is 23.6 Å². The number of nitrogens with zero attached hydrogens (tertiary/aromatic N) is 2. The van der Waals surface area contributed by atoms with Crippen molar-refractivity contribution >= 4 is 35.0 Å². The Morgan fingerprint density at radius 1 is 1.20 bits per heavy atom. The molecule has 6 nitrogen and oxygen atoms in total. The minimum atomic E-state index is -0.256. The summed E-state index contributed by atoms with van der Waals surface area (Å²) >= 11 is 6.02. The molecule has 1 aliphatic heterocycles. The average Bonchev–Trinajstić information content (AvgIpc) is 2.82. The van der Waals surface area contributed by atoms with Gasteiger partial charge >= 0.3 is 0 Å². The van der Waals surface area contributed by atoms with Crippen LogP contribution in [0.4, 0.5) is 5.69 Å². The second-order valence-electron chi connectivity index (χ2n) is 6.44. The van der Waals surface area contributed by atoms with E-state index in [-0.39, 0.29) is 42.8 Å². The van der Waals surface area contributed by atoms with E-state index in [1.165, 1.54) is 4.90 Å². The minimum absolute atomic E-state index is 0.0515. The summed E-state index contributed by atoms with van der Waals surface area (Å²) in [5.74, 6) is -1.03. The Labute approximate surface area is 151 Å². The molecule has 1 aliphatic carbocycles. The number of anilines is 1. The Hall–Kier alpha value is -2.18. The molecule has 25 heavy (non-hydrogen) atoms. The van der Waals surface area contributed by atoms with E-state index in [1.807, 2.05) is 12.2 Å². The average molecular weight is 362 g/mol. The summed E-state index contributed by atoms with van der Waals surface area (Å²) in [5.41, 5.74) is 0.535. The van der Waals surface area contributed by atoms with E-state index >= 15 is 0 Å². The van der Waals surface area contributed by atoms with E-state index in [4.69, 9.17) is 11.6 Å². The summed E-state index contributed by atoms with van der Waals surface area (Å²) in [6.07, 6.45) is 5.14. The van der Waals surface area contributed by atoms with E-state index in [2.05, 4.69) is 5.32 Å². The van der Waals surface area contributed by atoms with Gasteiger partial charge in [-0.3, -0.25) is 24.2 Å². The highest BCUT2D eigenvalue weighted by molar-refractivity contribution is 6.33. The maximum Gasteiger partial charge on any atom is 0.238 e. The first-order valence-electron chi connectivity index (χ1n) is 8.20. The molecular weight excluding hydrogens is 342 g/mol. The van der Waals surface area contributed by atoms with Crippen molar-refractivity contribution < 1.29 is 14.4 Å². The van der Waals surface area contributed by atoms with Crippen molar-refractivity contribution in [3.05, 3.63) is 41.4 Å². The van der Waals surface area contributed by atoms with Crippen LogP contribution in [0.25, 0.3) is 0 Å². The topological polar surface area (TPSA) is 69.7 Å². The molecule has 2 atom stereocenters. The largest absolute Gasteiger partial charge is 0.324 e. The number of imide groups is 1. The van der Waals surface area contributed by atoms with Gasteiger partial charge in [0.25, 0.3) is 0 Å². The second kappa shape index (κ2) is 7.37. The number of amides is 3. The third-order valence-electron chi connectivity index (χ3n) is 4.54. The zero-order chi connectivity index (χ0) is 18.0. The van der Waals surface area contributed by atoms with Gasteiger partial charge in [-0.1, -0.05) is 35.9 Å². The molecule has 1 heterocycles. The highest BCUT2D eigenvalue weighted by atomic mass is 35.5. The van der Waals surface area contributed by atoms with Gasteiger partial charge in [0.1, 0.15) is 0 Å². The van der Waals surface area contributed by atoms with Crippen molar-refractivity contribution in [2.24, 2.45) is 11.8 Å². The Morgan fingerprint density at radius 2 is 1.80 bits per heavy atom. The molecule has 0 spiro atoms. The zero-order valence-electron chi connectivity index (χ0n) is 13.9. The molecule has 0 aromatic heterocycles. The molecule has 3 amide bonds. The number of carbonyl (C=O) groups excluding carboxylic acids is 3.